The van der Waals surface area contributed by atoms with Crippen LogP contribution < -0.4 is 0 Å². The van der Waals surface area contributed by atoms with Gasteiger partial charge in [-0.3, -0.25) is 9.59 Å². The molecule has 0 heterocycles. The molecule has 5 rings (SSSR count). The molecule has 0 amide bonds. The highest BCUT2D eigenvalue weighted by Crippen LogP contribution is 2.63. The molecule has 5 nitrogen and oxygen atoms in total. The van der Waals surface area contributed by atoms with Crippen LogP contribution in [-0.4, -0.2) is 28.9 Å². The fourth-order valence-corrected chi connectivity index (χ4v) is 6.83. The van der Waals surface area contributed by atoms with E-state index in [4.69, 9.17) is 4.74 Å². The van der Waals surface area contributed by atoms with Crippen LogP contribution in [0, 0.1) is 46.8 Å². The molecule has 0 aromatic heterocycles. The second-order valence-corrected chi connectivity index (χ2v) is 9.38. The van der Waals surface area contributed by atoms with Gasteiger partial charge in [0.2, 0.25) is 0 Å². The fraction of sp³-hybridized carbons (Fsp3) is 0.480. The maximum absolute atomic E-state index is 13.9. The Bertz CT molecular complexity index is 963. The summed E-state index contributed by atoms with van der Waals surface area (Å²) in [6, 6.07) is 8.79. The van der Waals surface area contributed by atoms with E-state index in [1.807, 2.05) is 25.1 Å². The van der Waals surface area contributed by atoms with Crippen LogP contribution in [0.1, 0.15) is 30.6 Å². The third-order valence-corrected chi connectivity index (χ3v) is 8.08. The summed E-state index contributed by atoms with van der Waals surface area (Å²) in [5, 5.41) is 10.4. The van der Waals surface area contributed by atoms with Gasteiger partial charge < -0.3 is 9.84 Å². The van der Waals surface area contributed by atoms with Crippen LogP contribution in [0.2, 0.25) is 0 Å². The zero-order valence-corrected chi connectivity index (χ0v) is 17.1. The number of fused-ring (bicyclic) bond motifs is 6. The van der Waals surface area contributed by atoms with Gasteiger partial charge in [-0.05, 0) is 42.2 Å². The van der Waals surface area contributed by atoms with E-state index < -0.39 is 41.2 Å². The van der Waals surface area contributed by atoms with Gasteiger partial charge in [0.05, 0.1) is 5.56 Å². The summed E-state index contributed by atoms with van der Waals surface area (Å²) in [4.78, 5) is 39.7. The quantitative estimate of drug-likeness (QED) is 0.470. The van der Waals surface area contributed by atoms with Crippen LogP contribution in [0.4, 0.5) is 0 Å². The van der Waals surface area contributed by atoms with Gasteiger partial charge in [0, 0.05) is 17.8 Å². The molecule has 0 radical (unpaired) electrons. The molecule has 1 aromatic carbocycles. The first-order valence-electron chi connectivity index (χ1n) is 10.8. The number of hydrogen-bond acceptors (Lipinski definition) is 4. The minimum Gasteiger partial charge on any atom is -0.480 e. The lowest BCUT2D eigenvalue weighted by Gasteiger charge is -2.55. The predicted octanol–water partition coefficient (Wildman–Crippen LogP) is 3.76. The molecule has 5 heteroatoms. The molecule has 2 fully saturated rings. The van der Waals surface area contributed by atoms with E-state index >= 15 is 0 Å². The number of Topliss-reactive ketones (excluding diaryl/α,β-unsaturated/α-hetero) is 1. The Kier molecular flexibility index (Phi) is 4.28. The minimum atomic E-state index is -1.56. The van der Waals surface area contributed by atoms with Gasteiger partial charge in [-0.25, -0.2) is 4.79 Å². The molecule has 4 aliphatic rings. The van der Waals surface area contributed by atoms with E-state index in [-0.39, 0.29) is 29.5 Å². The normalized spacial score (nSPS) is 43.2. The van der Waals surface area contributed by atoms with Crippen LogP contribution in [0.3, 0.4) is 0 Å². The Balaban J connectivity index is 1.64. The SMILES string of the molecule is C[C@@H]1C=C[C@H](C)[C@H]2[C@H](OC(=O)c3ccccc3)C3C(C(=O)[C@@]21C(=O)O)[C@@H]1C=C[C@H]3C1. The smallest absolute Gasteiger partial charge is 0.338 e. The number of carbonyl (C=O) groups is 3. The van der Waals surface area contributed by atoms with Crippen LogP contribution in [0.5, 0.6) is 0 Å². The monoisotopic (exact) mass is 406 g/mol. The summed E-state index contributed by atoms with van der Waals surface area (Å²) in [6.45, 7) is 3.74. The van der Waals surface area contributed by atoms with Gasteiger partial charge in [0.1, 0.15) is 11.5 Å². The summed E-state index contributed by atoms with van der Waals surface area (Å²) < 4.78 is 6.13. The molecule has 0 saturated heterocycles. The predicted molar refractivity (Wildman–Crippen MR) is 109 cm³/mol. The maximum Gasteiger partial charge on any atom is 0.338 e. The van der Waals surface area contributed by atoms with Crippen molar-refractivity contribution in [2.75, 3.05) is 0 Å². The molecule has 156 valence electrons. The van der Waals surface area contributed by atoms with E-state index in [1.54, 1.807) is 31.2 Å². The fourth-order valence-electron chi connectivity index (χ4n) is 6.83. The standard InChI is InChI=1S/C25H26O5/c1-13-8-9-14(2)25(24(28)29)20(13)21(30-23(27)15-6-4-3-5-7-15)18-16-10-11-17(12-16)19(18)22(25)26/h3-11,13-14,16-21H,12H2,1-2H3,(H,28,29)/t13-,14+,16-,17+,18?,19?,20-,21+,25-/m0/s1. The van der Waals surface area contributed by atoms with Crippen molar-refractivity contribution in [3.63, 3.8) is 0 Å². The van der Waals surface area contributed by atoms with Crippen molar-refractivity contribution < 1.29 is 24.2 Å². The van der Waals surface area contributed by atoms with Gasteiger partial charge in [-0.2, -0.15) is 0 Å². The number of carboxylic acids is 1. The van der Waals surface area contributed by atoms with E-state index in [1.165, 1.54) is 0 Å². The molecule has 30 heavy (non-hydrogen) atoms. The number of hydrogen-bond donors (Lipinski definition) is 1. The van der Waals surface area contributed by atoms with Gasteiger partial charge in [0.15, 0.2) is 5.78 Å². The lowest BCUT2D eigenvalue weighted by Crippen LogP contribution is -2.66. The Morgan fingerprint density at radius 2 is 1.73 bits per heavy atom. The Morgan fingerprint density at radius 3 is 2.43 bits per heavy atom. The van der Waals surface area contributed by atoms with Crippen LogP contribution in [0.15, 0.2) is 54.6 Å². The van der Waals surface area contributed by atoms with Crippen molar-refractivity contribution in [3.05, 3.63) is 60.2 Å². The van der Waals surface area contributed by atoms with Crippen molar-refractivity contribution in [1.29, 1.82) is 0 Å². The first-order valence-corrected chi connectivity index (χ1v) is 10.8. The Hall–Kier alpha value is -2.69. The van der Waals surface area contributed by atoms with E-state index in [0.717, 1.165) is 6.42 Å². The number of ketones is 1. The van der Waals surface area contributed by atoms with Gasteiger partial charge in [-0.1, -0.05) is 56.4 Å². The first kappa shape index (κ1) is 19.3. The summed E-state index contributed by atoms with van der Waals surface area (Å²) in [5.41, 5.74) is -1.12. The summed E-state index contributed by atoms with van der Waals surface area (Å²) in [6.07, 6.45) is 8.24. The number of carbonyl (C=O) groups excluding carboxylic acids is 2. The Morgan fingerprint density at radius 1 is 1.03 bits per heavy atom. The van der Waals surface area contributed by atoms with Crippen molar-refractivity contribution >= 4 is 17.7 Å². The highest BCUT2D eigenvalue weighted by molar-refractivity contribution is 6.07. The molecule has 9 atom stereocenters. The molecule has 4 aliphatic carbocycles. The number of carboxylic acid groups (broad SMARTS) is 1. The van der Waals surface area contributed by atoms with Crippen LogP contribution in [-0.2, 0) is 14.3 Å². The molecule has 0 spiro atoms. The second-order valence-electron chi connectivity index (χ2n) is 9.38. The van der Waals surface area contributed by atoms with Crippen molar-refractivity contribution in [2.24, 2.45) is 46.8 Å². The molecule has 2 bridgehead atoms. The number of allylic oxidation sites excluding steroid dienone is 4. The number of rotatable bonds is 3. The number of esters is 1. The minimum absolute atomic E-state index is 0.0380. The highest BCUT2D eigenvalue weighted by Gasteiger charge is 2.71. The van der Waals surface area contributed by atoms with E-state index in [2.05, 4.69) is 12.2 Å². The van der Waals surface area contributed by atoms with Crippen molar-refractivity contribution in [3.8, 4) is 0 Å². The van der Waals surface area contributed by atoms with Gasteiger partial charge in [0.25, 0.3) is 0 Å². The van der Waals surface area contributed by atoms with Crippen LogP contribution >= 0.6 is 0 Å². The van der Waals surface area contributed by atoms with Crippen LogP contribution in [0.25, 0.3) is 0 Å². The maximum atomic E-state index is 13.9. The van der Waals surface area contributed by atoms with Gasteiger partial charge >= 0.3 is 11.9 Å². The number of aliphatic carboxylic acids is 1. The molecular formula is C25H26O5. The first-order chi connectivity index (χ1) is 14.4. The van der Waals surface area contributed by atoms with Crippen molar-refractivity contribution in [2.45, 2.75) is 26.4 Å². The summed E-state index contributed by atoms with van der Waals surface area (Å²) >= 11 is 0. The van der Waals surface area contributed by atoms with E-state index in [9.17, 15) is 19.5 Å². The number of ether oxygens (including phenoxy) is 1. The highest BCUT2D eigenvalue weighted by atomic mass is 16.5. The zero-order chi connectivity index (χ0) is 21.2. The lowest BCUT2D eigenvalue weighted by molar-refractivity contribution is -0.186. The molecule has 2 unspecified atom stereocenters. The van der Waals surface area contributed by atoms with Gasteiger partial charge in [-0.15, -0.1) is 0 Å². The largest absolute Gasteiger partial charge is 0.480 e. The molecule has 0 aliphatic heterocycles. The average Bonchev–Trinajstić information content (AvgIpc) is 3.35. The molecule has 2 saturated carbocycles. The Labute approximate surface area is 175 Å². The third-order valence-electron chi connectivity index (χ3n) is 8.08. The molecule has 1 N–H and O–H groups in total. The third kappa shape index (κ3) is 2.38. The topological polar surface area (TPSA) is 80.7 Å². The molecular weight excluding hydrogens is 380 g/mol. The second kappa shape index (κ2) is 6.66. The average molecular weight is 406 g/mol. The number of benzene rings is 1. The molecule has 1 aromatic rings. The van der Waals surface area contributed by atoms with Crippen molar-refractivity contribution in [1.82, 2.24) is 0 Å². The zero-order valence-electron chi connectivity index (χ0n) is 17.1. The summed E-state index contributed by atoms with van der Waals surface area (Å²) in [5.74, 6) is -3.29. The summed E-state index contributed by atoms with van der Waals surface area (Å²) in [7, 11) is 0. The van der Waals surface area contributed by atoms with E-state index in [0.29, 0.717) is 5.56 Å². The lowest BCUT2D eigenvalue weighted by atomic mass is 9.47.